The van der Waals surface area contributed by atoms with E-state index in [9.17, 15) is 0 Å². The summed E-state index contributed by atoms with van der Waals surface area (Å²) in [6.07, 6.45) is 1.88. The highest BCUT2D eigenvalue weighted by Gasteiger charge is 2.06. The van der Waals surface area contributed by atoms with Crippen molar-refractivity contribution in [2.45, 2.75) is 19.9 Å². The molecule has 0 saturated heterocycles. The summed E-state index contributed by atoms with van der Waals surface area (Å²) in [6, 6.07) is 4.66. The Bertz CT molecular complexity index is 453. The number of thiophene rings is 1. The van der Waals surface area contributed by atoms with Crippen molar-refractivity contribution in [3.05, 3.63) is 23.7 Å². The zero-order valence-electron chi connectivity index (χ0n) is 9.56. The van der Waals surface area contributed by atoms with Crippen LogP contribution in [0.2, 0.25) is 0 Å². The van der Waals surface area contributed by atoms with Gasteiger partial charge in [0.2, 0.25) is 0 Å². The Labute approximate surface area is 104 Å². The lowest BCUT2D eigenvalue weighted by atomic mass is 10.3. The maximum atomic E-state index is 4.41. The van der Waals surface area contributed by atoms with Gasteiger partial charge in [0.05, 0.1) is 0 Å². The molecule has 0 saturated carbocycles. The number of rotatable bonds is 5. The molecule has 0 aliphatic rings. The van der Waals surface area contributed by atoms with Gasteiger partial charge in [-0.05, 0) is 30.2 Å². The van der Waals surface area contributed by atoms with Crippen molar-refractivity contribution < 1.29 is 0 Å². The smallest absolute Gasteiger partial charge is 0.134 e. The van der Waals surface area contributed by atoms with E-state index in [1.54, 1.807) is 11.3 Å². The van der Waals surface area contributed by atoms with E-state index in [4.69, 9.17) is 0 Å². The van der Waals surface area contributed by atoms with E-state index in [2.05, 4.69) is 41.7 Å². The van der Waals surface area contributed by atoms with Gasteiger partial charge in [0.25, 0.3) is 0 Å². The molecule has 0 spiro atoms. The Morgan fingerprint density at radius 2 is 2.38 bits per heavy atom. The SMILES string of the molecule is CCSCC(C)Nc1nccc2sccc12. The second-order valence-electron chi connectivity index (χ2n) is 3.70. The largest absolute Gasteiger partial charge is 0.366 e. The summed E-state index contributed by atoms with van der Waals surface area (Å²) in [5.41, 5.74) is 0. The van der Waals surface area contributed by atoms with Gasteiger partial charge in [-0.2, -0.15) is 11.8 Å². The van der Waals surface area contributed by atoms with E-state index in [-0.39, 0.29) is 0 Å². The van der Waals surface area contributed by atoms with Crippen LogP contribution >= 0.6 is 23.1 Å². The maximum absolute atomic E-state index is 4.41. The third-order valence-corrected chi connectivity index (χ3v) is 4.36. The molecule has 16 heavy (non-hydrogen) atoms. The van der Waals surface area contributed by atoms with Crippen molar-refractivity contribution in [1.29, 1.82) is 0 Å². The highest BCUT2D eigenvalue weighted by molar-refractivity contribution is 7.99. The Hall–Kier alpha value is -0.740. The van der Waals surface area contributed by atoms with Gasteiger partial charge in [0.15, 0.2) is 0 Å². The van der Waals surface area contributed by atoms with Crippen molar-refractivity contribution in [1.82, 2.24) is 4.98 Å². The molecule has 1 N–H and O–H groups in total. The predicted molar refractivity (Wildman–Crippen MR) is 75.7 cm³/mol. The molecule has 2 rings (SSSR count). The van der Waals surface area contributed by atoms with Gasteiger partial charge in [-0.1, -0.05) is 6.92 Å². The first-order valence-electron chi connectivity index (χ1n) is 5.47. The van der Waals surface area contributed by atoms with Crippen LogP contribution in [-0.2, 0) is 0 Å². The first kappa shape index (κ1) is 11.7. The molecule has 1 unspecified atom stereocenters. The quantitative estimate of drug-likeness (QED) is 0.875. The summed E-state index contributed by atoms with van der Waals surface area (Å²) >= 11 is 3.72. The minimum Gasteiger partial charge on any atom is -0.366 e. The highest BCUT2D eigenvalue weighted by Crippen LogP contribution is 2.26. The molecule has 2 aromatic heterocycles. The van der Waals surface area contributed by atoms with Gasteiger partial charge in [0, 0.05) is 28.1 Å². The fraction of sp³-hybridized carbons (Fsp3) is 0.417. The van der Waals surface area contributed by atoms with Crippen molar-refractivity contribution in [3.8, 4) is 0 Å². The van der Waals surface area contributed by atoms with Crippen LogP contribution in [0.15, 0.2) is 23.7 Å². The van der Waals surface area contributed by atoms with Crippen LogP contribution in [-0.4, -0.2) is 22.5 Å². The number of hydrogen-bond acceptors (Lipinski definition) is 4. The Morgan fingerprint density at radius 1 is 1.50 bits per heavy atom. The highest BCUT2D eigenvalue weighted by atomic mass is 32.2. The number of thioether (sulfide) groups is 1. The van der Waals surface area contributed by atoms with Crippen molar-refractivity contribution >= 4 is 39.0 Å². The van der Waals surface area contributed by atoms with Gasteiger partial charge < -0.3 is 5.32 Å². The summed E-state index contributed by atoms with van der Waals surface area (Å²) < 4.78 is 1.30. The molecule has 1 atom stereocenters. The van der Waals surface area contributed by atoms with Crippen LogP contribution in [0.5, 0.6) is 0 Å². The van der Waals surface area contributed by atoms with Crippen molar-refractivity contribution in [2.24, 2.45) is 0 Å². The number of nitrogens with one attached hydrogen (secondary N) is 1. The molecule has 4 heteroatoms. The second-order valence-corrected chi connectivity index (χ2v) is 5.96. The molecule has 0 radical (unpaired) electrons. The van der Waals surface area contributed by atoms with Crippen LogP contribution in [0.1, 0.15) is 13.8 Å². The molecule has 86 valence electrons. The number of aromatic nitrogens is 1. The van der Waals surface area contributed by atoms with Gasteiger partial charge in [-0.25, -0.2) is 4.98 Å². The topological polar surface area (TPSA) is 24.9 Å². The molecular formula is C12H16N2S2. The van der Waals surface area contributed by atoms with Crippen molar-refractivity contribution in [3.63, 3.8) is 0 Å². The van der Waals surface area contributed by atoms with Gasteiger partial charge >= 0.3 is 0 Å². The summed E-state index contributed by atoms with van der Waals surface area (Å²) in [5.74, 6) is 3.31. The maximum Gasteiger partial charge on any atom is 0.134 e. The molecule has 0 bridgehead atoms. The third kappa shape index (κ3) is 2.68. The van der Waals surface area contributed by atoms with Crippen LogP contribution in [0.3, 0.4) is 0 Å². The second kappa shape index (κ2) is 5.55. The number of pyridine rings is 1. The lowest BCUT2D eigenvalue weighted by Gasteiger charge is -2.14. The minimum atomic E-state index is 0.461. The molecule has 0 aliphatic carbocycles. The molecule has 2 nitrogen and oxygen atoms in total. The standard InChI is InChI=1S/C12H16N2S2/c1-3-15-8-9(2)14-12-10-5-7-16-11(10)4-6-13-12/h4-7,9H,3,8H2,1-2H3,(H,13,14). The van der Waals surface area contributed by atoms with E-state index in [1.807, 2.05) is 18.0 Å². The summed E-state index contributed by atoms with van der Waals surface area (Å²) in [6.45, 7) is 4.39. The molecular weight excluding hydrogens is 236 g/mol. The molecule has 2 aromatic rings. The Morgan fingerprint density at radius 3 is 3.19 bits per heavy atom. The minimum absolute atomic E-state index is 0.461. The number of nitrogens with zero attached hydrogens (tertiary/aromatic N) is 1. The lowest BCUT2D eigenvalue weighted by molar-refractivity contribution is 0.905. The molecule has 0 fully saturated rings. The van der Waals surface area contributed by atoms with E-state index < -0.39 is 0 Å². The number of fused-ring (bicyclic) bond motifs is 1. The van der Waals surface area contributed by atoms with E-state index >= 15 is 0 Å². The van der Waals surface area contributed by atoms with Crippen molar-refractivity contribution in [2.75, 3.05) is 16.8 Å². The first-order chi connectivity index (χ1) is 7.81. The Balaban J connectivity index is 2.11. The molecule has 0 aromatic carbocycles. The van der Waals surface area contributed by atoms with Crippen LogP contribution in [0.4, 0.5) is 5.82 Å². The number of anilines is 1. The van der Waals surface area contributed by atoms with Gasteiger partial charge in [-0.3, -0.25) is 0 Å². The normalized spacial score (nSPS) is 12.9. The van der Waals surface area contributed by atoms with Gasteiger partial charge in [-0.15, -0.1) is 11.3 Å². The predicted octanol–water partition coefficient (Wildman–Crippen LogP) is 3.85. The van der Waals surface area contributed by atoms with E-state index in [1.165, 1.54) is 15.8 Å². The monoisotopic (exact) mass is 252 g/mol. The fourth-order valence-electron chi connectivity index (χ4n) is 1.58. The lowest BCUT2D eigenvalue weighted by Crippen LogP contribution is -2.18. The molecule has 0 aliphatic heterocycles. The van der Waals surface area contributed by atoms with Crippen LogP contribution in [0, 0.1) is 0 Å². The zero-order chi connectivity index (χ0) is 11.4. The average molecular weight is 252 g/mol. The molecule has 0 amide bonds. The number of hydrogen-bond donors (Lipinski definition) is 1. The summed E-state index contributed by atoms with van der Waals surface area (Å²) in [4.78, 5) is 4.41. The first-order valence-corrected chi connectivity index (χ1v) is 7.51. The third-order valence-electron chi connectivity index (χ3n) is 2.33. The van der Waals surface area contributed by atoms with E-state index in [0.29, 0.717) is 6.04 Å². The molecule has 2 heterocycles. The van der Waals surface area contributed by atoms with Gasteiger partial charge in [0.1, 0.15) is 5.82 Å². The van der Waals surface area contributed by atoms with Crippen LogP contribution < -0.4 is 5.32 Å². The average Bonchev–Trinajstić information content (AvgIpc) is 2.75. The van der Waals surface area contributed by atoms with E-state index in [0.717, 1.165) is 11.6 Å². The summed E-state index contributed by atoms with van der Waals surface area (Å²) in [7, 11) is 0. The zero-order valence-corrected chi connectivity index (χ0v) is 11.2. The summed E-state index contributed by atoms with van der Waals surface area (Å²) in [5, 5.41) is 6.83. The van der Waals surface area contributed by atoms with Crippen LogP contribution in [0.25, 0.3) is 10.1 Å². The fourth-order valence-corrected chi connectivity index (χ4v) is 3.03. The Kier molecular flexibility index (Phi) is 4.07.